The van der Waals surface area contributed by atoms with Gasteiger partial charge in [-0.1, -0.05) is 17.7 Å². The highest BCUT2D eigenvalue weighted by atomic mass is 32.2. The summed E-state index contributed by atoms with van der Waals surface area (Å²) in [7, 11) is -1.98. The fraction of sp³-hybridized carbons (Fsp3) is 0.556. The van der Waals surface area contributed by atoms with Crippen LogP contribution in [0, 0.1) is 19.8 Å². The van der Waals surface area contributed by atoms with Crippen LogP contribution in [0.2, 0.25) is 0 Å². The second-order valence-electron chi connectivity index (χ2n) is 6.85. The summed E-state index contributed by atoms with van der Waals surface area (Å²) in [5.74, 6) is -1.33. The van der Waals surface area contributed by atoms with Crippen molar-refractivity contribution in [3.63, 3.8) is 0 Å². The molecule has 8 heteroatoms. The SMILES string of the molecule is Cc1ccc(S(=O)(=O)N2CCC(C(=O)N(C)CCC(=O)O)CC2)c(C)c1. The molecule has 7 nitrogen and oxygen atoms in total. The van der Waals surface area contributed by atoms with Gasteiger partial charge in [0.25, 0.3) is 0 Å². The zero-order valence-corrected chi connectivity index (χ0v) is 16.3. The molecule has 144 valence electrons. The minimum Gasteiger partial charge on any atom is -0.481 e. The highest BCUT2D eigenvalue weighted by Crippen LogP contribution is 2.27. The highest BCUT2D eigenvalue weighted by molar-refractivity contribution is 7.89. The average molecular weight is 382 g/mol. The number of carbonyl (C=O) groups is 2. The number of hydrogen-bond donors (Lipinski definition) is 1. The van der Waals surface area contributed by atoms with Crippen LogP contribution in [-0.4, -0.2) is 61.3 Å². The summed E-state index contributed by atoms with van der Waals surface area (Å²) in [6.45, 7) is 4.45. The molecule has 1 aromatic carbocycles. The normalized spacial score (nSPS) is 16.4. The van der Waals surface area contributed by atoms with E-state index >= 15 is 0 Å². The molecule has 1 aliphatic rings. The van der Waals surface area contributed by atoms with Gasteiger partial charge in [0.1, 0.15) is 0 Å². The Hall–Kier alpha value is -1.93. The average Bonchev–Trinajstić information content (AvgIpc) is 2.58. The molecule has 2 rings (SSSR count). The van der Waals surface area contributed by atoms with Gasteiger partial charge in [-0.3, -0.25) is 9.59 Å². The zero-order valence-electron chi connectivity index (χ0n) is 15.4. The van der Waals surface area contributed by atoms with Crippen molar-refractivity contribution < 1.29 is 23.1 Å². The third-order valence-corrected chi connectivity index (χ3v) is 6.85. The van der Waals surface area contributed by atoms with Crippen molar-refractivity contribution in [3.8, 4) is 0 Å². The van der Waals surface area contributed by atoms with Gasteiger partial charge < -0.3 is 10.0 Å². The molecule has 0 radical (unpaired) electrons. The number of amides is 1. The number of benzene rings is 1. The van der Waals surface area contributed by atoms with Crippen molar-refractivity contribution in [2.75, 3.05) is 26.7 Å². The maximum atomic E-state index is 12.9. The van der Waals surface area contributed by atoms with E-state index in [1.54, 1.807) is 26.1 Å². The van der Waals surface area contributed by atoms with Gasteiger partial charge in [0.05, 0.1) is 11.3 Å². The van der Waals surface area contributed by atoms with E-state index < -0.39 is 16.0 Å². The van der Waals surface area contributed by atoms with Gasteiger partial charge in [0.15, 0.2) is 0 Å². The van der Waals surface area contributed by atoms with Gasteiger partial charge in [-0.25, -0.2) is 8.42 Å². The summed E-state index contributed by atoms with van der Waals surface area (Å²) in [5, 5.41) is 8.72. The van der Waals surface area contributed by atoms with Crippen molar-refractivity contribution in [1.82, 2.24) is 9.21 Å². The summed E-state index contributed by atoms with van der Waals surface area (Å²) in [4.78, 5) is 24.8. The van der Waals surface area contributed by atoms with Gasteiger partial charge in [-0.15, -0.1) is 0 Å². The second-order valence-corrected chi connectivity index (χ2v) is 8.76. The van der Waals surface area contributed by atoms with Crippen LogP contribution < -0.4 is 0 Å². The van der Waals surface area contributed by atoms with E-state index in [9.17, 15) is 18.0 Å². The Morgan fingerprint density at radius 1 is 1.23 bits per heavy atom. The molecule has 0 aromatic heterocycles. The summed E-state index contributed by atoms with van der Waals surface area (Å²) in [6.07, 6.45) is 0.795. The van der Waals surface area contributed by atoms with Crippen molar-refractivity contribution >= 4 is 21.9 Å². The number of sulfonamides is 1. The van der Waals surface area contributed by atoms with E-state index in [2.05, 4.69) is 0 Å². The molecule has 26 heavy (non-hydrogen) atoms. The number of rotatable bonds is 6. The Bertz CT molecular complexity index is 783. The number of aryl methyl sites for hydroxylation is 2. The third kappa shape index (κ3) is 4.62. The first-order chi connectivity index (χ1) is 12.1. The first kappa shape index (κ1) is 20.4. The molecular formula is C18H26N2O5S. The van der Waals surface area contributed by atoms with Crippen molar-refractivity contribution in [3.05, 3.63) is 29.3 Å². The van der Waals surface area contributed by atoms with E-state index in [-0.39, 0.29) is 24.8 Å². The van der Waals surface area contributed by atoms with Crippen LogP contribution in [0.1, 0.15) is 30.4 Å². The van der Waals surface area contributed by atoms with Crippen molar-refractivity contribution in [2.24, 2.45) is 5.92 Å². The molecule has 0 atom stereocenters. The Labute approximate surface area is 154 Å². The minimum absolute atomic E-state index is 0.0951. The molecule has 1 aliphatic heterocycles. The van der Waals surface area contributed by atoms with Crippen LogP contribution in [0.5, 0.6) is 0 Å². The molecule has 1 saturated heterocycles. The minimum atomic E-state index is -3.57. The Morgan fingerprint density at radius 3 is 2.38 bits per heavy atom. The number of aliphatic carboxylic acids is 1. The van der Waals surface area contributed by atoms with E-state index in [0.717, 1.165) is 11.1 Å². The molecule has 1 N–H and O–H groups in total. The number of hydrogen-bond acceptors (Lipinski definition) is 4. The molecule has 0 saturated carbocycles. The number of piperidine rings is 1. The summed E-state index contributed by atoms with van der Waals surface area (Å²) >= 11 is 0. The van der Waals surface area contributed by atoms with Crippen molar-refractivity contribution in [1.29, 1.82) is 0 Å². The van der Waals surface area contributed by atoms with Crippen LogP contribution in [-0.2, 0) is 19.6 Å². The van der Waals surface area contributed by atoms with Crippen molar-refractivity contribution in [2.45, 2.75) is 38.0 Å². The van der Waals surface area contributed by atoms with E-state index in [0.29, 0.717) is 30.8 Å². The predicted octanol–water partition coefficient (Wildman–Crippen LogP) is 1.64. The third-order valence-electron chi connectivity index (χ3n) is 4.79. The van der Waals surface area contributed by atoms with Crippen LogP contribution in [0.25, 0.3) is 0 Å². The van der Waals surface area contributed by atoms with Crippen LogP contribution in [0.3, 0.4) is 0 Å². The monoisotopic (exact) mass is 382 g/mol. The molecule has 0 spiro atoms. The molecule has 1 aromatic rings. The van der Waals surface area contributed by atoms with E-state index in [1.165, 1.54) is 9.21 Å². The molecule has 0 bridgehead atoms. The van der Waals surface area contributed by atoms with Gasteiger partial charge in [0.2, 0.25) is 15.9 Å². The Balaban J connectivity index is 2.01. The maximum Gasteiger partial charge on any atom is 0.305 e. The number of carboxylic acid groups (broad SMARTS) is 1. The Kier molecular flexibility index (Phi) is 6.41. The summed E-state index contributed by atoms with van der Waals surface area (Å²) in [6, 6.07) is 5.27. The quantitative estimate of drug-likeness (QED) is 0.807. The standard InChI is InChI=1S/C18H26N2O5S/c1-13-4-5-16(14(2)12-13)26(24,25)20-10-6-15(7-11-20)18(23)19(3)9-8-17(21)22/h4-5,12,15H,6-11H2,1-3H3,(H,21,22). The lowest BCUT2D eigenvalue weighted by Crippen LogP contribution is -2.43. The lowest BCUT2D eigenvalue weighted by Gasteiger charge is -2.32. The number of carbonyl (C=O) groups excluding carboxylic acids is 1. The molecule has 1 amide bonds. The van der Waals surface area contributed by atoms with E-state index in [1.807, 2.05) is 13.0 Å². The van der Waals surface area contributed by atoms with Gasteiger partial charge >= 0.3 is 5.97 Å². The van der Waals surface area contributed by atoms with Gasteiger partial charge in [-0.2, -0.15) is 4.31 Å². The Morgan fingerprint density at radius 2 is 1.85 bits per heavy atom. The lowest BCUT2D eigenvalue weighted by molar-refractivity contribution is -0.139. The van der Waals surface area contributed by atoms with Crippen LogP contribution in [0.4, 0.5) is 0 Å². The van der Waals surface area contributed by atoms with Gasteiger partial charge in [0, 0.05) is 32.6 Å². The first-order valence-electron chi connectivity index (χ1n) is 8.67. The second kappa shape index (κ2) is 8.18. The number of carboxylic acids is 1. The first-order valence-corrected chi connectivity index (χ1v) is 10.1. The smallest absolute Gasteiger partial charge is 0.305 e. The van der Waals surface area contributed by atoms with Gasteiger partial charge in [-0.05, 0) is 38.3 Å². The topological polar surface area (TPSA) is 95.0 Å². The zero-order chi connectivity index (χ0) is 19.5. The maximum absolute atomic E-state index is 12.9. The summed E-state index contributed by atoms with van der Waals surface area (Å²) in [5.41, 5.74) is 1.73. The van der Waals surface area contributed by atoms with Crippen LogP contribution in [0.15, 0.2) is 23.1 Å². The molecular weight excluding hydrogens is 356 g/mol. The molecule has 1 heterocycles. The number of nitrogens with zero attached hydrogens (tertiary/aromatic N) is 2. The fourth-order valence-electron chi connectivity index (χ4n) is 3.26. The molecule has 1 fully saturated rings. The predicted molar refractivity (Wildman–Crippen MR) is 97.3 cm³/mol. The molecule has 0 unspecified atom stereocenters. The lowest BCUT2D eigenvalue weighted by atomic mass is 9.96. The fourth-order valence-corrected chi connectivity index (χ4v) is 4.93. The molecule has 0 aliphatic carbocycles. The largest absolute Gasteiger partial charge is 0.481 e. The summed E-state index contributed by atoms with van der Waals surface area (Å²) < 4.78 is 27.2. The van der Waals surface area contributed by atoms with E-state index in [4.69, 9.17) is 5.11 Å². The van der Waals surface area contributed by atoms with Crippen LogP contribution >= 0.6 is 0 Å². The highest BCUT2D eigenvalue weighted by Gasteiger charge is 2.33.